The molecule has 1 aromatic carbocycles. The van der Waals surface area contributed by atoms with Gasteiger partial charge in [-0.1, -0.05) is 11.6 Å². The van der Waals surface area contributed by atoms with E-state index < -0.39 is 12.0 Å². The first-order valence-corrected chi connectivity index (χ1v) is 12.4. The molecule has 1 amide bonds. The van der Waals surface area contributed by atoms with Gasteiger partial charge in [0.05, 0.1) is 17.4 Å². The Kier molecular flexibility index (Phi) is 7.06. The largest absolute Gasteiger partial charge is 0.489 e. The molecule has 0 aromatic heterocycles. The summed E-state index contributed by atoms with van der Waals surface area (Å²) in [5, 5.41) is 16.8. The third-order valence-electron chi connectivity index (χ3n) is 7.73. The maximum atomic E-state index is 13.6. The van der Waals surface area contributed by atoms with Crippen LogP contribution >= 0.6 is 11.6 Å². The van der Waals surface area contributed by atoms with Gasteiger partial charge in [0.1, 0.15) is 24.4 Å². The maximum Gasteiger partial charge on any atom is 0.223 e. The van der Waals surface area contributed by atoms with Crippen molar-refractivity contribution < 1.29 is 19.0 Å². The van der Waals surface area contributed by atoms with Gasteiger partial charge in [0.15, 0.2) is 0 Å². The topological polar surface area (TPSA) is 97.9 Å². The van der Waals surface area contributed by atoms with Crippen molar-refractivity contribution in [1.29, 1.82) is 0 Å². The first-order chi connectivity index (χ1) is 16.0. The zero-order valence-electron chi connectivity index (χ0n) is 18.6. The molecule has 182 valence electrons. The molecule has 2 aliphatic heterocycles. The number of hydrazine groups is 1. The molecule has 5 unspecified atom stereocenters. The van der Waals surface area contributed by atoms with Crippen molar-refractivity contribution in [3.8, 4) is 5.75 Å². The zero-order chi connectivity index (χ0) is 22.9. The monoisotopic (exact) mass is 481 g/mol. The van der Waals surface area contributed by atoms with Crippen LogP contribution in [0, 0.1) is 23.6 Å². The van der Waals surface area contributed by atoms with Gasteiger partial charge in [-0.05, 0) is 62.5 Å². The van der Waals surface area contributed by atoms with Gasteiger partial charge in [0.25, 0.3) is 0 Å². The Morgan fingerprint density at radius 2 is 2.12 bits per heavy atom. The predicted octanol–water partition coefficient (Wildman–Crippen LogP) is 1.54. The first-order valence-electron chi connectivity index (χ1n) is 12.0. The molecule has 0 radical (unpaired) electrons. The van der Waals surface area contributed by atoms with Crippen LogP contribution in [0.2, 0.25) is 5.02 Å². The van der Waals surface area contributed by atoms with Crippen molar-refractivity contribution in [3.63, 3.8) is 0 Å². The van der Waals surface area contributed by atoms with E-state index in [0.29, 0.717) is 36.7 Å². The number of amides is 1. The van der Waals surface area contributed by atoms with E-state index in [-0.39, 0.29) is 35.7 Å². The average molecular weight is 482 g/mol. The van der Waals surface area contributed by atoms with Crippen LogP contribution in [0.3, 0.4) is 0 Å². The van der Waals surface area contributed by atoms with E-state index in [2.05, 4.69) is 26.4 Å². The summed E-state index contributed by atoms with van der Waals surface area (Å²) in [5.41, 5.74) is 6.65. The molecule has 2 saturated heterocycles. The molecule has 5 fully saturated rings. The molecular formula is C23H33ClFN5O3. The highest BCUT2D eigenvalue weighted by Crippen LogP contribution is 2.49. The lowest BCUT2D eigenvalue weighted by Gasteiger charge is -2.51. The third-order valence-corrected chi connectivity index (χ3v) is 8.04. The number of hydrogen-bond donors (Lipinski definition) is 5. The summed E-state index contributed by atoms with van der Waals surface area (Å²) in [6.07, 6.45) is 5.87. The Labute approximate surface area is 198 Å². The molecule has 6 rings (SSSR count). The summed E-state index contributed by atoms with van der Waals surface area (Å²) < 4.78 is 19.1. The summed E-state index contributed by atoms with van der Waals surface area (Å²) in [6, 6.07) is 4.25. The number of nitrogens with one attached hydrogen (secondary N) is 4. The lowest BCUT2D eigenvalue weighted by Crippen LogP contribution is -2.58. The minimum atomic E-state index is -0.903. The number of nitrogens with zero attached hydrogens (tertiary/aromatic N) is 1. The molecule has 33 heavy (non-hydrogen) atoms. The van der Waals surface area contributed by atoms with Gasteiger partial charge in [-0.15, -0.1) is 0 Å². The van der Waals surface area contributed by atoms with Crippen molar-refractivity contribution in [1.82, 2.24) is 26.4 Å². The van der Waals surface area contributed by atoms with E-state index in [9.17, 15) is 14.3 Å². The second-order valence-electron chi connectivity index (χ2n) is 9.81. The Morgan fingerprint density at radius 1 is 1.27 bits per heavy atom. The summed E-state index contributed by atoms with van der Waals surface area (Å²) in [7, 11) is 0. The summed E-state index contributed by atoms with van der Waals surface area (Å²) in [5.74, 6) is 0.713. The fraction of sp³-hybridized carbons (Fsp3) is 0.696. The van der Waals surface area contributed by atoms with Gasteiger partial charge >= 0.3 is 0 Å². The maximum absolute atomic E-state index is 13.6. The molecule has 10 heteroatoms. The van der Waals surface area contributed by atoms with Gasteiger partial charge < -0.3 is 15.2 Å². The quantitative estimate of drug-likeness (QED) is 0.359. The normalized spacial score (nSPS) is 34.3. The molecule has 5 N–H and O–H groups in total. The number of hydrogen-bond acceptors (Lipinski definition) is 7. The van der Waals surface area contributed by atoms with Crippen molar-refractivity contribution in [3.05, 3.63) is 29.0 Å². The fourth-order valence-electron chi connectivity index (χ4n) is 5.84. The number of aliphatic hydroxyl groups is 1. The van der Waals surface area contributed by atoms with Crippen LogP contribution in [-0.2, 0) is 4.79 Å². The van der Waals surface area contributed by atoms with Gasteiger partial charge in [0.2, 0.25) is 5.91 Å². The van der Waals surface area contributed by atoms with Crippen LogP contribution in [0.25, 0.3) is 0 Å². The van der Waals surface area contributed by atoms with Crippen LogP contribution in [0.1, 0.15) is 38.5 Å². The Morgan fingerprint density at radius 3 is 2.94 bits per heavy atom. The minimum absolute atomic E-state index is 0.0120. The molecule has 1 aromatic rings. The first kappa shape index (κ1) is 23.3. The molecule has 2 heterocycles. The Hall–Kier alpha value is -1.49. The number of piperidine rings is 1. The molecule has 0 spiro atoms. The summed E-state index contributed by atoms with van der Waals surface area (Å²) in [4.78, 5) is 15.4. The van der Waals surface area contributed by atoms with E-state index in [0.717, 1.165) is 25.8 Å². The Balaban J connectivity index is 1.08. The minimum Gasteiger partial charge on any atom is -0.489 e. The van der Waals surface area contributed by atoms with E-state index in [1.807, 2.05) is 0 Å². The molecule has 2 bridgehead atoms. The number of carbonyl (C=O) groups is 1. The molecule has 5 aliphatic rings. The smallest absolute Gasteiger partial charge is 0.223 e. The second kappa shape index (κ2) is 10.0. The number of fused-ring (bicyclic) bond motifs is 3. The molecule has 3 aliphatic carbocycles. The van der Waals surface area contributed by atoms with Gasteiger partial charge in [-0.25, -0.2) is 15.2 Å². The van der Waals surface area contributed by atoms with Crippen LogP contribution < -0.4 is 26.2 Å². The highest BCUT2D eigenvalue weighted by Gasteiger charge is 2.49. The van der Waals surface area contributed by atoms with E-state index in [1.165, 1.54) is 25.0 Å². The van der Waals surface area contributed by atoms with Gasteiger partial charge in [-0.3, -0.25) is 15.0 Å². The number of ether oxygens (including phenoxy) is 1. The zero-order valence-corrected chi connectivity index (χ0v) is 19.4. The fourth-order valence-corrected chi connectivity index (χ4v) is 5.96. The number of carbonyl (C=O) groups excluding carboxylic acids is 1. The lowest BCUT2D eigenvalue weighted by atomic mass is 9.57. The van der Waals surface area contributed by atoms with Crippen molar-refractivity contribution in [2.24, 2.45) is 17.8 Å². The molecule has 5 atom stereocenters. The number of aliphatic hydroxyl groups excluding tert-OH is 1. The average Bonchev–Trinajstić information content (AvgIpc) is 3.20. The van der Waals surface area contributed by atoms with Crippen molar-refractivity contribution in [2.75, 3.05) is 19.7 Å². The predicted molar refractivity (Wildman–Crippen MR) is 122 cm³/mol. The number of rotatable bonds is 8. The third kappa shape index (κ3) is 5.13. The van der Waals surface area contributed by atoms with Gasteiger partial charge in [0, 0.05) is 31.1 Å². The van der Waals surface area contributed by atoms with Crippen LogP contribution in [0.4, 0.5) is 4.39 Å². The second-order valence-corrected chi connectivity index (χ2v) is 10.2. The van der Waals surface area contributed by atoms with Gasteiger partial charge in [-0.2, -0.15) is 0 Å². The molecular weight excluding hydrogens is 449 g/mol. The van der Waals surface area contributed by atoms with E-state index in [1.54, 1.807) is 6.07 Å². The van der Waals surface area contributed by atoms with Crippen LogP contribution in [0.5, 0.6) is 5.75 Å². The Bertz CT molecular complexity index is 857. The standard InChI is InChI=1S/C23H33ClFN5O3/c24-17-5-4-15(9-18(17)25)33-12-22(31)27-19-10-16(13-7-14(19)8-13)23(32)26-11-21-29-28-20-3-1-2-6-30(20)21/h4-5,9,13-14,16,19-22,27-29,31H,1-3,6-8,10-12H2,(H,26,32). The van der Waals surface area contributed by atoms with E-state index >= 15 is 0 Å². The highest BCUT2D eigenvalue weighted by molar-refractivity contribution is 6.30. The lowest BCUT2D eigenvalue weighted by molar-refractivity contribution is -0.134. The van der Waals surface area contributed by atoms with Crippen molar-refractivity contribution >= 4 is 17.5 Å². The molecule has 8 nitrogen and oxygen atoms in total. The number of halogens is 2. The summed E-state index contributed by atoms with van der Waals surface area (Å²) >= 11 is 5.69. The molecule has 3 saturated carbocycles. The van der Waals surface area contributed by atoms with Crippen LogP contribution in [0.15, 0.2) is 18.2 Å². The van der Waals surface area contributed by atoms with E-state index in [4.69, 9.17) is 16.3 Å². The van der Waals surface area contributed by atoms with Crippen LogP contribution in [-0.4, -0.2) is 60.2 Å². The number of benzene rings is 1. The highest BCUT2D eigenvalue weighted by atomic mass is 35.5. The van der Waals surface area contributed by atoms with Crippen molar-refractivity contribution in [2.45, 2.75) is 63.1 Å². The SMILES string of the molecule is O=C(NCC1NNC2CCCCN21)C1CC(NC(O)COc2ccc(Cl)c(F)c2)C2CC1C2. The summed E-state index contributed by atoms with van der Waals surface area (Å²) in [6.45, 7) is 1.62.